The highest BCUT2D eigenvalue weighted by atomic mass is 16.3. The number of fused-ring (bicyclic) bond motifs is 1. The molecule has 1 N–H and O–H groups in total. The minimum Gasteiger partial charge on any atom is -0.508 e. The molecule has 1 aliphatic heterocycles. The van der Waals surface area contributed by atoms with Gasteiger partial charge in [0.1, 0.15) is 5.75 Å². The van der Waals surface area contributed by atoms with E-state index in [4.69, 9.17) is 0 Å². The van der Waals surface area contributed by atoms with Crippen molar-refractivity contribution >= 4 is 10.8 Å². The van der Waals surface area contributed by atoms with E-state index in [9.17, 15) is 5.11 Å². The summed E-state index contributed by atoms with van der Waals surface area (Å²) in [5.74, 6) is 0.417. The van der Waals surface area contributed by atoms with Crippen molar-refractivity contribution in [2.75, 3.05) is 26.7 Å². The van der Waals surface area contributed by atoms with Gasteiger partial charge >= 0.3 is 0 Å². The molecule has 21 heavy (non-hydrogen) atoms. The lowest BCUT2D eigenvalue weighted by atomic mass is 10.0. The van der Waals surface area contributed by atoms with E-state index in [1.165, 1.54) is 17.2 Å². The first-order valence-electron chi connectivity index (χ1n) is 7.81. The van der Waals surface area contributed by atoms with E-state index in [2.05, 4.69) is 35.9 Å². The normalized spacial score (nSPS) is 21.0. The lowest BCUT2D eigenvalue weighted by molar-refractivity contribution is 0.0881. The molecule has 1 fully saturated rings. The van der Waals surface area contributed by atoms with Crippen LogP contribution in [0.15, 0.2) is 36.4 Å². The molecule has 3 nitrogen and oxygen atoms in total. The molecule has 112 valence electrons. The Hall–Kier alpha value is -1.58. The van der Waals surface area contributed by atoms with E-state index in [1.54, 1.807) is 0 Å². The predicted octanol–water partition coefficient (Wildman–Crippen LogP) is 3.07. The van der Waals surface area contributed by atoms with Gasteiger partial charge in [0.05, 0.1) is 0 Å². The van der Waals surface area contributed by atoms with Gasteiger partial charge < -0.3 is 10.0 Å². The van der Waals surface area contributed by atoms with Crippen molar-refractivity contribution in [1.29, 1.82) is 0 Å². The second-order valence-electron chi connectivity index (χ2n) is 6.06. The molecule has 3 rings (SSSR count). The number of rotatable bonds is 3. The number of hydrogen-bond acceptors (Lipinski definition) is 3. The number of aromatic hydroxyl groups is 1. The zero-order chi connectivity index (χ0) is 14.8. The fourth-order valence-corrected chi connectivity index (χ4v) is 3.31. The summed E-state index contributed by atoms with van der Waals surface area (Å²) in [6.45, 7) is 6.33. The molecule has 0 saturated carbocycles. The van der Waals surface area contributed by atoms with Crippen LogP contribution in [0.2, 0.25) is 0 Å². The summed E-state index contributed by atoms with van der Waals surface area (Å²) in [6.07, 6.45) is 1.18. The summed E-state index contributed by atoms with van der Waals surface area (Å²) in [5, 5.41) is 12.6. The van der Waals surface area contributed by atoms with Gasteiger partial charge in [0, 0.05) is 37.8 Å². The first-order valence-corrected chi connectivity index (χ1v) is 7.81. The summed E-state index contributed by atoms with van der Waals surface area (Å²) in [7, 11) is 2.21. The van der Waals surface area contributed by atoms with E-state index in [0.717, 1.165) is 31.7 Å². The molecule has 0 radical (unpaired) electrons. The Morgan fingerprint density at radius 2 is 1.95 bits per heavy atom. The number of phenolic OH excluding ortho intramolecular Hbond substituents is 1. The van der Waals surface area contributed by atoms with Crippen LogP contribution in [-0.2, 0) is 6.54 Å². The molecule has 2 aromatic rings. The summed E-state index contributed by atoms with van der Waals surface area (Å²) < 4.78 is 0. The highest BCUT2D eigenvalue weighted by Crippen LogP contribution is 2.29. The first kappa shape index (κ1) is 14.4. The molecular formula is C18H24N2O. The van der Waals surface area contributed by atoms with Crippen LogP contribution in [0.4, 0.5) is 0 Å². The van der Waals surface area contributed by atoms with Crippen molar-refractivity contribution in [3.8, 4) is 5.75 Å². The van der Waals surface area contributed by atoms with Gasteiger partial charge in [-0.25, -0.2) is 0 Å². The third-order valence-corrected chi connectivity index (χ3v) is 4.73. The Morgan fingerprint density at radius 1 is 1.14 bits per heavy atom. The molecular weight excluding hydrogens is 260 g/mol. The highest BCUT2D eigenvalue weighted by molar-refractivity contribution is 5.87. The maximum Gasteiger partial charge on any atom is 0.120 e. The van der Waals surface area contributed by atoms with Crippen molar-refractivity contribution < 1.29 is 5.11 Å². The van der Waals surface area contributed by atoms with Gasteiger partial charge in [0.25, 0.3) is 0 Å². The number of nitrogens with zero attached hydrogens (tertiary/aromatic N) is 2. The third kappa shape index (κ3) is 2.89. The van der Waals surface area contributed by atoms with Gasteiger partial charge in [-0.3, -0.25) is 4.90 Å². The molecule has 1 atom stereocenters. The van der Waals surface area contributed by atoms with E-state index in [-0.39, 0.29) is 0 Å². The molecule has 1 aliphatic rings. The monoisotopic (exact) mass is 284 g/mol. The lowest BCUT2D eigenvalue weighted by Gasteiger charge is -2.39. The maximum absolute atomic E-state index is 10.3. The zero-order valence-electron chi connectivity index (χ0n) is 12.9. The molecule has 0 amide bonds. The fraction of sp³-hybridized carbons (Fsp3) is 0.444. The largest absolute Gasteiger partial charge is 0.508 e. The van der Waals surface area contributed by atoms with Crippen LogP contribution in [-0.4, -0.2) is 47.6 Å². The second kappa shape index (κ2) is 6.04. The summed E-state index contributed by atoms with van der Waals surface area (Å²) in [5.41, 5.74) is 1.06. The smallest absolute Gasteiger partial charge is 0.120 e. The molecule has 0 aliphatic carbocycles. The average molecular weight is 284 g/mol. The van der Waals surface area contributed by atoms with E-state index >= 15 is 0 Å². The number of benzene rings is 2. The standard InChI is InChI=1S/C18H24N2O/c1-3-15-12-20(11-10-19(15)2)13-17-16-7-5-4-6-14(16)8-9-18(17)21/h4-9,15,21H,3,10-13H2,1-2H3. The van der Waals surface area contributed by atoms with Gasteiger partial charge in [-0.05, 0) is 30.3 Å². The Kier molecular flexibility index (Phi) is 4.13. The summed E-state index contributed by atoms with van der Waals surface area (Å²) in [6, 6.07) is 12.7. The summed E-state index contributed by atoms with van der Waals surface area (Å²) in [4.78, 5) is 4.91. The van der Waals surface area contributed by atoms with Gasteiger partial charge in [0.2, 0.25) is 0 Å². The predicted molar refractivity (Wildman–Crippen MR) is 87.6 cm³/mol. The molecule has 1 saturated heterocycles. The SMILES string of the molecule is CCC1CN(Cc2c(O)ccc3ccccc23)CCN1C. The van der Waals surface area contributed by atoms with Crippen LogP contribution in [0.1, 0.15) is 18.9 Å². The zero-order valence-corrected chi connectivity index (χ0v) is 12.9. The molecule has 1 heterocycles. The van der Waals surface area contributed by atoms with Crippen molar-refractivity contribution in [1.82, 2.24) is 9.80 Å². The van der Waals surface area contributed by atoms with Gasteiger partial charge in [-0.2, -0.15) is 0 Å². The molecule has 3 heteroatoms. The molecule has 0 aromatic heterocycles. The van der Waals surface area contributed by atoms with Crippen LogP contribution in [0, 0.1) is 0 Å². The molecule has 0 bridgehead atoms. The van der Waals surface area contributed by atoms with Crippen molar-refractivity contribution in [2.24, 2.45) is 0 Å². The maximum atomic E-state index is 10.3. The van der Waals surface area contributed by atoms with E-state index in [0.29, 0.717) is 11.8 Å². The molecule has 1 unspecified atom stereocenters. The average Bonchev–Trinajstić information content (AvgIpc) is 2.52. The molecule has 0 spiro atoms. The van der Waals surface area contributed by atoms with Crippen molar-refractivity contribution in [2.45, 2.75) is 25.9 Å². The number of likely N-dealkylation sites (N-methyl/N-ethyl adjacent to an activating group) is 1. The van der Waals surface area contributed by atoms with Crippen molar-refractivity contribution in [3.63, 3.8) is 0 Å². The topological polar surface area (TPSA) is 26.7 Å². The quantitative estimate of drug-likeness (QED) is 0.938. The van der Waals surface area contributed by atoms with Gasteiger partial charge in [-0.1, -0.05) is 37.3 Å². The number of phenols is 1. The van der Waals surface area contributed by atoms with Crippen LogP contribution >= 0.6 is 0 Å². The Balaban J connectivity index is 1.86. The number of hydrogen-bond donors (Lipinski definition) is 1. The van der Waals surface area contributed by atoms with Crippen molar-refractivity contribution in [3.05, 3.63) is 42.0 Å². The second-order valence-corrected chi connectivity index (χ2v) is 6.06. The Bertz CT molecular complexity index is 626. The molecule has 2 aromatic carbocycles. The minimum absolute atomic E-state index is 0.417. The van der Waals surface area contributed by atoms with Crippen LogP contribution in [0.25, 0.3) is 10.8 Å². The third-order valence-electron chi connectivity index (χ3n) is 4.73. The number of piperazine rings is 1. The minimum atomic E-state index is 0.417. The van der Waals surface area contributed by atoms with Gasteiger partial charge in [-0.15, -0.1) is 0 Å². The first-order chi connectivity index (χ1) is 10.2. The summed E-state index contributed by atoms with van der Waals surface area (Å²) >= 11 is 0. The highest BCUT2D eigenvalue weighted by Gasteiger charge is 2.23. The Labute approximate surface area is 126 Å². The van der Waals surface area contributed by atoms with Gasteiger partial charge in [0.15, 0.2) is 0 Å². The van der Waals surface area contributed by atoms with Crippen LogP contribution in [0.3, 0.4) is 0 Å². The van der Waals surface area contributed by atoms with E-state index in [1.807, 2.05) is 24.3 Å². The van der Waals surface area contributed by atoms with Crippen LogP contribution < -0.4 is 0 Å². The fourth-order valence-electron chi connectivity index (χ4n) is 3.31. The van der Waals surface area contributed by atoms with E-state index < -0.39 is 0 Å². The lowest BCUT2D eigenvalue weighted by Crippen LogP contribution is -2.50. The Morgan fingerprint density at radius 3 is 2.76 bits per heavy atom. The van der Waals surface area contributed by atoms with Crippen LogP contribution in [0.5, 0.6) is 5.75 Å².